The highest BCUT2D eigenvalue weighted by molar-refractivity contribution is 5.61. The lowest BCUT2D eigenvalue weighted by Gasteiger charge is -2.23. The summed E-state index contributed by atoms with van der Waals surface area (Å²) >= 11 is 0. The third-order valence-corrected chi connectivity index (χ3v) is 5.31. The normalized spacial score (nSPS) is 11.3. The first-order valence-electron chi connectivity index (χ1n) is 11.0. The molecule has 34 heavy (non-hydrogen) atoms. The van der Waals surface area contributed by atoms with Gasteiger partial charge in [0.1, 0.15) is 23.9 Å². The van der Waals surface area contributed by atoms with Gasteiger partial charge in [0.05, 0.1) is 0 Å². The molecule has 2 heterocycles. The van der Waals surface area contributed by atoms with E-state index in [1.165, 1.54) is 6.07 Å². The zero-order chi connectivity index (χ0) is 24.3. The standard InChI is InChI=1S/C28H27NO5/c1-18-7-12-22(28(2,3)4)25(14-18)33-26-23(30)15-24(34-27(26)31)20-8-10-21(11-9-20)32-17-19-6-5-13-29-16-19/h5-16,30H,17H2,1-4H3. The minimum atomic E-state index is -0.756. The van der Waals surface area contributed by atoms with Crippen molar-refractivity contribution in [2.45, 2.75) is 39.7 Å². The Morgan fingerprint density at radius 2 is 1.79 bits per heavy atom. The summed E-state index contributed by atoms with van der Waals surface area (Å²) in [5, 5.41) is 10.6. The molecule has 2 aromatic carbocycles. The van der Waals surface area contributed by atoms with Crippen LogP contribution in [-0.2, 0) is 12.0 Å². The van der Waals surface area contributed by atoms with Gasteiger partial charge >= 0.3 is 5.63 Å². The molecule has 6 nitrogen and oxygen atoms in total. The molecule has 1 N–H and O–H groups in total. The molecule has 0 aliphatic rings. The van der Waals surface area contributed by atoms with Gasteiger partial charge in [0.25, 0.3) is 5.75 Å². The van der Waals surface area contributed by atoms with Crippen molar-refractivity contribution in [2.24, 2.45) is 0 Å². The average molecular weight is 458 g/mol. The number of rotatable bonds is 6. The second-order valence-corrected chi connectivity index (χ2v) is 9.14. The van der Waals surface area contributed by atoms with E-state index >= 15 is 0 Å². The summed E-state index contributed by atoms with van der Waals surface area (Å²) in [6.45, 7) is 8.50. The number of hydrogen-bond donors (Lipinski definition) is 1. The van der Waals surface area contributed by atoms with Gasteiger partial charge in [0, 0.05) is 35.2 Å². The summed E-state index contributed by atoms with van der Waals surface area (Å²) in [5.74, 6) is 0.876. The van der Waals surface area contributed by atoms with Crippen LogP contribution in [0.25, 0.3) is 11.3 Å². The number of aryl methyl sites for hydroxylation is 1. The molecule has 4 rings (SSSR count). The van der Waals surface area contributed by atoms with Crippen LogP contribution in [0.15, 0.2) is 82.3 Å². The summed E-state index contributed by atoms with van der Waals surface area (Å²) in [6, 6.07) is 18.0. The van der Waals surface area contributed by atoms with Gasteiger partial charge in [0.2, 0.25) is 0 Å². The number of benzene rings is 2. The van der Waals surface area contributed by atoms with Gasteiger partial charge in [-0.1, -0.05) is 39.0 Å². The predicted molar refractivity (Wildman–Crippen MR) is 131 cm³/mol. The van der Waals surface area contributed by atoms with Crippen LogP contribution in [0.3, 0.4) is 0 Å². The zero-order valence-electron chi connectivity index (χ0n) is 19.7. The first-order valence-corrected chi connectivity index (χ1v) is 11.0. The van der Waals surface area contributed by atoms with Crippen LogP contribution in [0.2, 0.25) is 0 Å². The Bertz CT molecular complexity index is 1340. The highest BCUT2D eigenvalue weighted by atomic mass is 16.5. The Morgan fingerprint density at radius 1 is 1.03 bits per heavy atom. The Balaban J connectivity index is 1.55. The third-order valence-electron chi connectivity index (χ3n) is 5.31. The summed E-state index contributed by atoms with van der Waals surface area (Å²) in [7, 11) is 0. The molecular weight excluding hydrogens is 430 g/mol. The minimum absolute atomic E-state index is 0.209. The van der Waals surface area contributed by atoms with Gasteiger partial charge in [0.15, 0.2) is 5.75 Å². The maximum absolute atomic E-state index is 12.7. The molecule has 0 unspecified atom stereocenters. The first kappa shape index (κ1) is 23.1. The van der Waals surface area contributed by atoms with Crippen molar-refractivity contribution in [2.75, 3.05) is 0 Å². The van der Waals surface area contributed by atoms with E-state index in [-0.39, 0.29) is 22.7 Å². The molecule has 0 fully saturated rings. The fourth-order valence-corrected chi connectivity index (χ4v) is 3.52. The van der Waals surface area contributed by atoms with Gasteiger partial charge < -0.3 is 19.0 Å². The fourth-order valence-electron chi connectivity index (χ4n) is 3.52. The summed E-state index contributed by atoms with van der Waals surface area (Å²) in [6.07, 6.45) is 3.46. The van der Waals surface area contributed by atoms with Crippen molar-refractivity contribution < 1.29 is 19.0 Å². The molecule has 0 saturated heterocycles. The molecule has 0 aliphatic heterocycles. The summed E-state index contributed by atoms with van der Waals surface area (Å²) < 4.78 is 17.1. The molecule has 6 heteroatoms. The molecule has 174 valence electrons. The van der Waals surface area contributed by atoms with Gasteiger partial charge in [-0.2, -0.15) is 0 Å². The van der Waals surface area contributed by atoms with Crippen molar-refractivity contribution in [1.82, 2.24) is 4.98 Å². The highest BCUT2D eigenvalue weighted by Crippen LogP contribution is 2.37. The van der Waals surface area contributed by atoms with Crippen LogP contribution in [0.5, 0.6) is 23.0 Å². The monoisotopic (exact) mass is 457 g/mol. The Morgan fingerprint density at radius 3 is 2.44 bits per heavy atom. The molecule has 0 amide bonds. The number of nitrogens with zero attached hydrogens (tertiary/aromatic N) is 1. The molecule has 2 aromatic heterocycles. The van der Waals surface area contributed by atoms with E-state index in [2.05, 4.69) is 25.8 Å². The van der Waals surface area contributed by atoms with Gasteiger partial charge in [-0.25, -0.2) is 4.79 Å². The van der Waals surface area contributed by atoms with Crippen molar-refractivity contribution in [1.29, 1.82) is 0 Å². The molecule has 4 aromatic rings. The van der Waals surface area contributed by atoms with Crippen molar-refractivity contribution in [3.8, 4) is 34.3 Å². The smallest absolute Gasteiger partial charge is 0.383 e. The molecule has 0 saturated carbocycles. The van der Waals surface area contributed by atoms with Crippen LogP contribution in [0.1, 0.15) is 37.5 Å². The maximum Gasteiger partial charge on any atom is 0.383 e. The molecule has 0 aliphatic carbocycles. The molecule has 0 bridgehead atoms. The third kappa shape index (κ3) is 5.29. The predicted octanol–water partition coefficient (Wildman–Crippen LogP) is 6.38. The van der Waals surface area contributed by atoms with Crippen molar-refractivity contribution >= 4 is 0 Å². The number of hydrogen-bond acceptors (Lipinski definition) is 6. The van der Waals surface area contributed by atoms with Crippen LogP contribution in [0.4, 0.5) is 0 Å². The SMILES string of the molecule is Cc1ccc(C(C)(C)C)c(Oc2c(O)cc(-c3ccc(OCc4cccnc4)cc3)oc2=O)c1. The first-order chi connectivity index (χ1) is 16.2. The van der Waals surface area contributed by atoms with E-state index < -0.39 is 5.63 Å². The molecule has 0 spiro atoms. The molecular formula is C28H27NO5. The van der Waals surface area contributed by atoms with Crippen molar-refractivity contribution in [3.05, 3.63) is 100 Å². The lowest BCUT2D eigenvalue weighted by atomic mass is 9.86. The van der Waals surface area contributed by atoms with E-state index in [9.17, 15) is 9.90 Å². The number of pyridine rings is 1. The van der Waals surface area contributed by atoms with Gasteiger partial charge in [-0.05, 0) is 54.3 Å². The van der Waals surface area contributed by atoms with E-state index in [0.29, 0.717) is 23.7 Å². The van der Waals surface area contributed by atoms with E-state index in [1.807, 2.05) is 37.3 Å². The van der Waals surface area contributed by atoms with Crippen LogP contribution < -0.4 is 15.1 Å². The van der Waals surface area contributed by atoms with Crippen molar-refractivity contribution in [3.63, 3.8) is 0 Å². The number of aromatic nitrogens is 1. The van der Waals surface area contributed by atoms with Crippen LogP contribution >= 0.6 is 0 Å². The average Bonchev–Trinajstić information content (AvgIpc) is 2.80. The largest absolute Gasteiger partial charge is 0.504 e. The molecule has 0 radical (unpaired) electrons. The Hall–Kier alpha value is -4.06. The zero-order valence-corrected chi connectivity index (χ0v) is 19.7. The second kappa shape index (κ2) is 9.43. The lowest BCUT2D eigenvalue weighted by Crippen LogP contribution is -2.14. The highest BCUT2D eigenvalue weighted by Gasteiger charge is 2.22. The summed E-state index contributed by atoms with van der Waals surface area (Å²) in [4.78, 5) is 16.8. The van der Waals surface area contributed by atoms with Gasteiger partial charge in [-0.3, -0.25) is 4.98 Å². The van der Waals surface area contributed by atoms with E-state index in [0.717, 1.165) is 16.7 Å². The second-order valence-electron chi connectivity index (χ2n) is 9.14. The van der Waals surface area contributed by atoms with Gasteiger partial charge in [-0.15, -0.1) is 0 Å². The lowest BCUT2D eigenvalue weighted by molar-refractivity contribution is 0.306. The topological polar surface area (TPSA) is 81.8 Å². The maximum atomic E-state index is 12.7. The van der Waals surface area contributed by atoms with E-state index in [1.54, 1.807) is 36.7 Å². The Labute approximate surface area is 198 Å². The van der Waals surface area contributed by atoms with Crippen LogP contribution in [0, 0.1) is 6.92 Å². The molecule has 0 atom stereocenters. The minimum Gasteiger partial charge on any atom is -0.504 e. The van der Waals surface area contributed by atoms with Crippen LogP contribution in [-0.4, -0.2) is 10.1 Å². The number of ether oxygens (including phenoxy) is 2. The fraction of sp³-hybridized carbons (Fsp3) is 0.214. The quantitative estimate of drug-likeness (QED) is 0.362. The number of aromatic hydroxyl groups is 1. The Kier molecular flexibility index (Phi) is 6.41. The summed E-state index contributed by atoms with van der Waals surface area (Å²) in [5.41, 5.74) is 2.52. The van der Waals surface area contributed by atoms with E-state index in [4.69, 9.17) is 13.9 Å².